The van der Waals surface area contributed by atoms with Gasteiger partial charge in [0.05, 0.1) is 17.7 Å². The summed E-state index contributed by atoms with van der Waals surface area (Å²) in [6, 6.07) is 17.9. The Bertz CT molecular complexity index is 1730. The quantitative estimate of drug-likeness (QED) is 0.191. The Morgan fingerprint density at radius 2 is 1.47 bits per heavy atom. The minimum Gasteiger partial charge on any atom is -0.463 e. The number of esters is 4. The van der Waals surface area contributed by atoms with E-state index in [9.17, 15) is 24.3 Å². The Kier molecular flexibility index (Phi) is 11.0. The summed E-state index contributed by atoms with van der Waals surface area (Å²) in [5.41, 5.74) is 0.182. The Morgan fingerprint density at radius 3 is 2.11 bits per heavy atom. The van der Waals surface area contributed by atoms with Gasteiger partial charge in [-0.25, -0.2) is 9.59 Å². The number of hydrogen-bond donors (Lipinski definition) is 1. The second kappa shape index (κ2) is 15.3. The Balaban J connectivity index is 1.18. The van der Waals surface area contributed by atoms with Crippen LogP contribution in [0, 0.1) is 52.3 Å². The van der Waals surface area contributed by atoms with Gasteiger partial charge in [0.15, 0.2) is 5.79 Å². The first-order valence-electron chi connectivity index (χ1n) is 20.4. The first kappa shape index (κ1) is 39.5. The van der Waals surface area contributed by atoms with Crippen molar-refractivity contribution in [2.75, 3.05) is 6.61 Å². The van der Waals surface area contributed by atoms with Crippen LogP contribution < -0.4 is 0 Å². The smallest absolute Gasteiger partial charge is 0.338 e. The molecule has 1 heterocycles. The molecule has 4 aliphatic carbocycles. The van der Waals surface area contributed by atoms with Gasteiger partial charge in [0.2, 0.25) is 0 Å². The van der Waals surface area contributed by atoms with Crippen molar-refractivity contribution in [1.82, 2.24) is 0 Å². The molecular weight excluding hydrogens is 700 g/mol. The maximum atomic E-state index is 14.0. The van der Waals surface area contributed by atoms with Crippen LogP contribution in [0.3, 0.4) is 0 Å². The third kappa shape index (κ3) is 7.22. The van der Waals surface area contributed by atoms with E-state index < -0.39 is 41.5 Å². The maximum Gasteiger partial charge on any atom is 0.338 e. The molecular formula is C45H58O10. The van der Waals surface area contributed by atoms with Gasteiger partial charge in [-0.15, -0.1) is 0 Å². The number of carbonyl (C=O) groups excluding carboxylic acids is 4. The van der Waals surface area contributed by atoms with E-state index in [4.69, 9.17) is 23.7 Å². The number of benzene rings is 2. The van der Waals surface area contributed by atoms with Crippen molar-refractivity contribution < 1.29 is 48.0 Å². The van der Waals surface area contributed by atoms with Crippen LogP contribution in [0.4, 0.5) is 0 Å². The minimum atomic E-state index is -1.54. The van der Waals surface area contributed by atoms with Crippen LogP contribution in [0.2, 0.25) is 0 Å². The van der Waals surface area contributed by atoms with Crippen LogP contribution in [-0.2, 0) is 33.3 Å². The van der Waals surface area contributed by atoms with Gasteiger partial charge in [-0.3, -0.25) is 9.59 Å². The molecule has 0 unspecified atom stereocenters. The average Bonchev–Trinajstić information content (AvgIpc) is 3.57. The molecule has 0 bridgehead atoms. The topological polar surface area (TPSA) is 135 Å². The summed E-state index contributed by atoms with van der Waals surface area (Å²) in [7, 11) is 0. The van der Waals surface area contributed by atoms with E-state index in [0.717, 1.165) is 32.1 Å². The molecule has 1 N–H and O–H groups in total. The highest BCUT2D eigenvalue weighted by Crippen LogP contribution is 2.72. The molecule has 7 rings (SSSR count). The Hall–Kier alpha value is -3.76. The third-order valence-corrected chi connectivity index (χ3v) is 14.8. The highest BCUT2D eigenvalue weighted by molar-refractivity contribution is 5.89. The molecule has 10 heteroatoms. The summed E-state index contributed by atoms with van der Waals surface area (Å²) >= 11 is 0. The molecule has 0 aromatic heterocycles. The molecule has 14 atom stereocenters. The second-order valence-electron chi connectivity index (χ2n) is 17.9. The fourth-order valence-electron chi connectivity index (χ4n) is 12.1. The van der Waals surface area contributed by atoms with E-state index >= 15 is 0 Å². The van der Waals surface area contributed by atoms with E-state index in [-0.39, 0.29) is 65.6 Å². The van der Waals surface area contributed by atoms with Crippen molar-refractivity contribution in [2.24, 2.45) is 52.3 Å². The summed E-state index contributed by atoms with van der Waals surface area (Å²) in [6.07, 6.45) is 3.94. The van der Waals surface area contributed by atoms with E-state index in [1.165, 1.54) is 13.8 Å². The van der Waals surface area contributed by atoms with Crippen LogP contribution in [-0.4, -0.2) is 65.8 Å². The molecule has 2 aromatic carbocycles. The monoisotopic (exact) mass is 758 g/mol. The van der Waals surface area contributed by atoms with E-state index in [1.54, 1.807) is 36.4 Å². The number of ether oxygens (including phenoxy) is 5. The number of aliphatic hydroxyl groups is 1. The van der Waals surface area contributed by atoms with Gasteiger partial charge in [0.25, 0.3) is 0 Å². The summed E-state index contributed by atoms with van der Waals surface area (Å²) in [6.45, 7) is 11.6. The van der Waals surface area contributed by atoms with Gasteiger partial charge in [-0.2, -0.15) is 0 Å². The first-order valence-corrected chi connectivity index (χ1v) is 20.4. The number of fused-ring (bicyclic) bond motifs is 7. The molecule has 4 saturated carbocycles. The minimum absolute atomic E-state index is 0.0533. The molecule has 55 heavy (non-hydrogen) atoms. The van der Waals surface area contributed by atoms with Crippen molar-refractivity contribution in [2.45, 2.75) is 123 Å². The standard InChI is InChI=1S/C45H58O10/c1-26(25-51-41(48)30-13-9-7-10-14-30)19-22-45(50)27(2)37-40(55-45)39(53-29(4)47)38-34-18-17-32-23-33(52-28(3)46)20-21-43(32,5)35(34)24-36(44(37,38)6)54-42(49)31-15-11-8-12-16-31/h7-16,26-27,32-40,50H,17-25H2,1-6H3/t26-,27-,32+,33+,34-,35+,36-,37+,38-,39+,40-,43+,44-,45-/m1/s1. The SMILES string of the molecule is CC(=O)O[C@H]1CC[C@@]2(C)[C@@H](CC[C@H]3[C@@H]4[C@H](OC(C)=O)[C@@H]5O[C@](O)(CC[C@@H](C)COC(=O)c6ccccc6)[C@H](C)[C@@H]5[C@@]4(C)[C@H](OC(=O)c4ccccc4)C[C@@H]32)C1. The fraction of sp³-hybridized carbons (Fsp3) is 0.644. The molecule has 5 aliphatic rings. The normalized spacial score (nSPS) is 39.3. The van der Waals surface area contributed by atoms with Crippen molar-refractivity contribution in [3.05, 3.63) is 71.8 Å². The van der Waals surface area contributed by atoms with Gasteiger partial charge in [-0.05, 0) is 98.3 Å². The lowest BCUT2D eigenvalue weighted by molar-refractivity contribution is -0.247. The molecule has 1 saturated heterocycles. The van der Waals surface area contributed by atoms with Crippen molar-refractivity contribution >= 4 is 23.9 Å². The first-order chi connectivity index (χ1) is 26.2. The molecule has 1 aliphatic heterocycles. The summed E-state index contributed by atoms with van der Waals surface area (Å²) < 4.78 is 31.1. The van der Waals surface area contributed by atoms with Crippen molar-refractivity contribution in [3.63, 3.8) is 0 Å². The van der Waals surface area contributed by atoms with Crippen LogP contribution >= 0.6 is 0 Å². The van der Waals surface area contributed by atoms with E-state index in [0.29, 0.717) is 36.3 Å². The van der Waals surface area contributed by atoms with Crippen molar-refractivity contribution in [1.29, 1.82) is 0 Å². The lowest BCUT2D eigenvalue weighted by atomic mass is 9.43. The van der Waals surface area contributed by atoms with E-state index in [1.807, 2.05) is 38.1 Å². The molecule has 2 aromatic rings. The van der Waals surface area contributed by atoms with Crippen LogP contribution in [0.5, 0.6) is 0 Å². The molecule has 10 nitrogen and oxygen atoms in total. The zero-order chi connectivity index (χ0) is 39.3. The van der Waals surface area contributed by atoms with Crippen molar-refractivity contribution in [3.8, 4) is 0 Å². The van der Waals surface area contributed by atoms with E-state index in [2.05, 4.69) is 13.8 Å². The lowest BCUT2D eigenvalue weighted by Crippen LogP contribution is -2.61. The summed E-state index contributed by atoms with van der Waals surface area (Å²) in [5.74, 6) is -3.20. The maximum absolute atomic E-state index is 14.0. The number of rotatable bonds is 10. The Morgan fingerprint density at radius 1 is 0.836 bits per heavy atom. The highest BCUT2D eigenvalue weighted by atomic mass is 16.7. The summed E-state index contributed by atoms with van der Waals surface area (Å²) in [5, 5.41) is 12.4. The van der Waals surface area contributed by atoms with Gasteiger partial charge in [-0.1, -0.05) is 64.1 Å². The van der Waals surface area contributed by atoms with Crippen LogP contribution in [0.15, 0.2) is 60.7 Å². The Labute approximate surface area is 325 Å². The molecule has 0 amide bonds. The largest absolute Gasteiger partial charge is 0.463 e. The molecule has 5 fully saturated rings. The molecule has 0 spiro atoms. The van der Waals surface area contributed by atoms with Gasteiger partial charge < -0.3 is 28.8 Å². The van der Waals surface area contributed by atoms with Gasteiger partial charge in [0.1, 0.15) is 24.4 Å². The number of hydrogen-bond acceptors (Lipinski definition) is 10. The van der Waals surface area contributed by atoms with Crippen LogP contribution in [0.25, 0.3) is 0 Å². The van der Waals surface area contributed by atoms with Gasteiger partial charge >= 0.3 is 23.9 Å². The second-order valence-corrected chi connectivity index (χ2v) is 17.9. The molecule has 0 radical (unpaired) electrons. The molecule has 298 valence electrons. The third-order valence-electron chi connectivity index (χ3n) is 14.8. The van der Waals surface area contributed by atoms with Gasteiger partial charge in [0, 0.05) is 43.4 Å². The average molecular weight is 759 g/mol. The highest BCUT2D eigenvalue weighted by Gasteiger charge is 2.76. The zero-order valence-corrected chi connectivity index (χ0v) is 33.1. The van der Waals surface area contributed by atoms with Crippen LogP contribution in [0.1, 0.15) is 114 Å². The number of carbonyl (C=O) groups is 4. The summed E-state index contributed by atoms with van der Waals surface area (Å²) in [4.78, 5) is 51.5. The fourth-order valence-corrected chi connectivity index (χ4v) is 12.1. The zero-order valence-electron chi connectivity index (χ0n) is 33.1. The predicted molar refractivity (Wildman–Crippen MR) is 202 cm³/mol. The lowest BCUT2D eigenvalue weighted by Gasteiger charge is -2.63. The predicted octanol–water partition coefficient (Wildman–Crippen LogP) is 7.56.